The van der Waals surface area contributed by atoms with E-state index in [0.717, 1.165) is 37.3 Å². The summed E-state index contributed by atoms with van der Waals surface area (Å²) in [5.74, 6) is 0.817. The van der Waals surface area contributed by atoms with Crippen LogP contribution in [0.1, 0.15) is 24.5 Å². The lowest BCUT2D eigenvalue weighted by Gasteiger charge is -2.25. The van der Waals surface area contributed by atoms with E-state index < -0.39 is 0 Å². The van der Waals surface area contributed by atoms with Gasteiger partial charge in [0.1, 0.15) is 5.82 Å². The highest BCUT2D eigenvalue weighted by Crippen LogP contribution is 2.31. The zero-order valence-corrected chi connectivity index (χ0v) is 15.1. The van der Waals surface area contributed by atoms with Gasteiger partial charge in [0.15, 0.2) is 5.11 Å². The molecule has 1 aliphatic heterocycles. The van der Waals surface area contributed by atoms with E-state index in [-0.39, 0.29) is 0 Å². The fourth-order valence-corrected chi connectivity index (χ4v) is 3.39. The molecule has 2 heterocycles. The second-order valence-electron chi connectivity index (χ2n) is 6.28. The van der Waals surface area contributed by atoms with Crippen LogP contribution in [0.3, 0.4) is 0 Å². The highest BCUT2D eigenvalue weighted by Gasteiger charge is 2.24. The van der Waals surface area contributed by atoms with Crippen LogP contribution < -0.4 is 15.5 Å². The molecule has 0 spiro atoms. The predicted octanol–water partition coefficient (Wildman–Crippen LogP) is 3.52. The molecule has 0 bridgehead atoms. The monoisotopic (exact) mass is 340 g/mol. The molecule has 126 valence electrons. The van der Waals surface area contributed by atoms with Crippen molar-refractivity contribution in [2.24, 2.45) is 0 Å². The maximum atomic E-state index is 5.35. The molecule has 1 aliphatic rings. The van der Waals surface area contributed by atoms with Crippen LogP contribution in [0.4, 0.5) is 11.5 Å². The molecule has 1 atom stereocenters. The van der Waals surface area contributed by atoms with E-state index in [1.165, 1.54) is 11.3 Å². The third-order valence-electron chi connectivity index (χ3n) is 4.45. The van der Waals surface area contributed by atoms with Crippen molar-refractivity contribution in [1.29, 1.82) is 0 Å². The summed E-state index contributed by atoms with van der Waals surface area (Å²) in [5.41, 5.74) is 3.93. The number of thiocarbonyl (C=S) groups is 1. The summed E-state index contributed by atoms with van der Waals surface area (Å²) in [6.07, 6.45) is 3.95. The van der Waals surface area contributed by atoms with Crippen LogP contribution in [-0.4, -0.2) is 29.2 Å². The van der Waals surface area contributed by atoms with E-state index in [4.69, 9.17) is 12.2 Å². The maximum absolute atomic E-state index is 5.35. The van der Waals surface area contributed by atoms with Crippen LogP contribution in [0, 0.1) is 6.92 Å². The molecule has 2 aromatic rings. The number of nitrogens with one attached hydrogen (secondary N) is 2. The van der Waals surface area contributed by atoms with Gasteiger partial charge >= 0.3 is 0 Å². The van der Waals surface area contributed by atoms with Crippen molar-refractivity contribution in [3.63, 3.8) is 0 Å². The van der Waals surface area contributed by atoms with Gasteiger partial charge in [-0.05, 0) is 62.2 Å². The number of fused-ring (bicyclic) bond motifs is 1. The second-order valence-corrected chi connectivity index (χ2v) is 6.69. The average Bonchev–Trinajstić information content (AvgIpc) is 2.89. The minimum atomic E-state index is 0.573. The van der Waals surface area contributed by atoms with Gasteiger partial charge < -0.3 is 15.5 Å². The fraction of sp³-hybridized carbons (Fsp3) is 0.368. The highest BCUT2D eigenvalue weighted by atomic mass is 32.1. The molecule has 0 saturated carbocycles. The SMILES string of the molecule is Cc1cccnc1NC(=S)NCCCN1c2ccccc2C[C@@H]1C. The summed E-state index contributed by atoms with van der Waals surface area (Å²) >= 11 is 5.35. The summed E-state index contributed by atoms with van der Waals surface area (Å²) in [6.45, 7) is 6.20. The van der Waals surface area contributed by atoms with Crippen LogP contribution in [0.15, 0.2) is 42.6 Å². The number of aryl methyl sites for hydroxylation is 1. The molecule has 0 amide bonds. The van der Waals surface area contributed by atoms with E-state index >= 15 is 0 Å². The topological polar surface area (TPSA) is 40.2 Å². The lowest BCUT2D eigenvalue weighted by molar-refractivity contribution is 0.641. The van der Waals surface area contributed by atoms with Crippen LogP contribution >= 0.6 is 12.2 Å². The third kappa shape index (κ3) is 3.85. The minimum absolute atomic E-state index is 0.573. The summed E-state index contributed by atoms with van der Waals surface area (Å²) < 4.78 is 0. The molecule has 0 unspecified atom stereocenters. The lowest BCUT2D eigenvalue weighted by atomic mass is 10.1. The molecular formula is C19H24N4S. The standard InChI is InChI=1S/C19H24N4S/c1-14-7-5-10-20-18(14)22-19(24)21-11-6-12-23-15(2)13-16-8-3-4-9-17(16)23/h3-5,7-10,15H,6,11-13H2,1-2H3,(H2,20,21,22,24)/t15-/m0/s1. The van der Waals surface area contributed by atoms with Crippen molar-refractivity contribution in [3.8, 4) is 0 Å². The maximum Gasteiger partial charge on any atom is 0.171 e. The highest BCUT2D eigenvalue weighted by molar-refractivity contribution is 7.80. The Kier molecular flexibility index (Phi) is 5.30. The van der Waals surface area contributed by atoms with Crippen molar-refractivity contribution in [1.82, 2.24) is 10.3 Å². The van der Waals surface area contributed by atoms with Crippen LogP contribution in [0.2, 0.25) is 0 Å². The van der Waals surface area contributed by atoms with Gasteiger partial charge in [0.05, 0.1) is 0 Å². The fourth-order valence-electron chi connectivity index (χ4n) is 3.19. The van der Waals surface area contributed by atoms with Crippen LogP contribution in [0.25, 0.3) is 0 Å². The van der Waals surface area contributed by atoms with E-state index in [9.17, 15) is 0 Å². The molecule has 5 heteroatoms. The Hall–Kier alpha value is -2.14. The van der Waals surface area contributed by atoms with Gasteiger partial charge in [-0.15, -0.1) is 0 Å². The Balaban J connectivity index is 1.44. The molecule has 0 fully saturated rings. The smallest absolute Gasteiger partial charge is 0.171 e. The molecule has 0 saturated heterocycles. The number of benzene rings is 1. The lowest BCUT2D eigenvalue weighted by Crippen LogP contribution is -2.34. The van der Waals surface area contributed by atoms with Gasteiger partial charge in [-0.3, -0.25) is 0 Å². The number of rotatable bonds is 5. The Morgan fingerprint density at radius 1 is 1.29 bits per heavy atom. The van der Waals surface area contributed by atoms with Gasteiger partial charge in [-0.2, -0.15) is 0 Å². The van der Waals surface area contributed by atoms with Gasteiger partial charge in [0.25, 0.3) is 0 Å². The Bertz CT molecular complexity index is 716. The van der Waals surface area contributed by atoms with Crippen molar-refractivity contribution in [3.05, 3.63) is 53.7 Å². The number of hydrogen-bond donors (Lipinski definition) is 2. The number of nitrogens with zero attached hydrogens (tertiary/aromatic N) is 2. The second kappa shape index (κ2) is 7.62. The van der Waals surface area contributed by atoms with Crippen molar-refractivity contribution < 1.29 is 0 Å². The number of aromatic nitrogens is 1. The number of hydrogen-bond acceptors (Lipinski definition) is 3. The molecule has 0 aliphatic carbocycles. The number of pyridine rings is 1. The largest absolute Gasteiger partial charge is 0.368 e. The zero-order chi connectivity index (χ0) is 16.9. The Labute approximate surface area is 149 Å². The molecule has 24 heavy (non-hydrogen) atoms. The number of anilines is 2. The Morgan fingerprint density at radius 2 is 2.12 bits per heavy atom. The summed E-state index contributed by atoms with van der Waals surface area (Å²) in [4.78, 5) is 6.79. The molecule has 0 radical (unpaired) electrons. The molecule has 2 N–H and O–H groups in total. The van der Waals surface area contributed by atoms with Crippen molar-refractivity contribution >= 4 is 28.8 Å². The van der Waals surface area contributed by atoms with Crippen LogP contribution in [0.5, 0.6) is 0 Å². The molecule has 1 aromatic carbocycles. The summed E-state index contributed by atoms with van der Waals surface area (Å²) in [5, 5.41) is 7.06. The van der Waals surface area contributed by atoms with Crippen LogP contribution in [-0.2, 0) is 6.42 Å². The van der Waals surface area contributed by atoms with E-state index in [0.29, 0.717) is 11.2 Å². The van der Waals surface area contributed by atoms with Gasteiger partial charge in [-0.1, -0.05) is 24.3 Å². The van der Waals surface area contributed by atoms with Gasteiger partial charge in [0, 0.05) is 31.0 Å². The number of para-hydroxylation sites is 1. The first-order valence-corrected chi connectivity index (χ1v) is 8.87. The minimum Gasteiger partial charge on any atom is -0.368 e. The normalized spacial score (nSPS) is 15.9. The third-order valence-corrected chi connectivity index (χ3v) is 4.70. The molecular weight excluding hydrogens is 316 g/mol. The molecule has 4 nitrogen and oxygen atoms in total. The average molecular weight is 340 g/mol. The molecule has 1 aromatic heterocycles. The first-order chi connectivity index (χ1) is 11.6. The first kappa shape index (κ1) is 16.7. The zero-order valence-electron chi connectivity index (χ0n) is 14.2. The summed E-state index contributed by atoms with van der Waals surface area (Å²) in [7, 11) is 0. The van der Waals surface area contributed by atoms with E-state index in [1.807, 2.05) is 19.1 Å². The van der Waals surface area contributed by atoms with Gasteiger partial charge in [0.2, 0.25) is 0 Å². The predicted molar refractivity (Wildman–Crippen MR) is 105 cm³/mol. The van der Waals surface area contributed by atoms with E-state index in [1.54, 1.807) is 6.20 Å². The van der Waals surface area contributed by atoms with Crippen molar-refractivity contribution in [2.45, 2.75) is 32.7 Å². The first-order valence-electron chi connectivity index (χ1n) is 8.46. The summed E-state index contributed by atoms with van der Waals surface area (Å²) in [6, 6.07) is 13.2. The quantitative estimate of drug-likeness (QED) is 0.644. The van der Waals surface area contributed by atoms with E-state index in [2.05, 4.69) is 51.7 Å². The van der Waals surface area contributed by atoms with Crippen molar-refractivity contribution in [2.75, 3.05) is 23.3 Å². The van der Waals surface area contributed by atoms with Gasteiger partial charge in [-0.25, -0.2) is 4.98 Å². The molecule has 3 rings (SSSR count). The Morgan fingerprint density at radius 3 is 2.96 bits per heavy atom.